The molecule has 2 unspecified atom stereocenters. The van der Waals surface area contributed by atoms with Gasteiger partial charge in [-0.1, -0.05) is 174 Å². The third-order valence-corrected chi connectivity index (χ3v) is 12.7. The van der Waals surface area contributed by atoms with Gasteiger partial charge in [-0.15, -0.1) is 0 Å². The van der Waals surface area contributed by atoms with Crippen molar-refractivity contribution in [1.82, 2.24) is 0 Å². The molecule has 54 heavy (non-hydrogen) atoms. The Bertz CT molecular complexity index is 951. The molecule has 0 saturated carbocycles. The molecule has 0 aromatic rings. The smallest absolute Gasteiger partial charge is 0.306 e. The highest BCUT2D eigenvalue weighted by molar-refractivity contribution is 7.51. The van der Waals surface area contributed by atoms with Crippen molar-refractivity contribution in [3.05, 3.63) is 12.2 Å². The zero-order chi connectivity index (χ0) is 40.2. The summed E-state index contributed by atoms with van der Waals surface area (Å²) in [4.78, 5) is 38.4. The molecule has 0 aliphatic carbocycles. The van der Waals surface area contributed by atoms with Crippen LogP contribution in [0.2, 0.25) is 0 Å². The second-order valence-corrected chi connectivity index (χ2v) is 18.6. The number of hydrogen-bond donors (Lipinski definition) is 0. The summed E-state index contributed by atoms with van der Waals surface area (Å²) >= 11 is 0. The van der Waals surface area contributed by atoms with E-state index in [0.717, 1.165) is 51.4 Å². The average Bonchev–Trinajstić information content (AvgIpc) is 3.12. The predicted molar refractivity (Wildman–Crippen MR) is 226 cm³/mol. The van der Waals surface area contributed by atoms with Crippen LogP contribution in [0.3, 0.4) is 0 Å². The van der Waals surface area contributed by atoms with Gasteiger partial charge in [0.05, 0.1) is 27.7 Å². The maximum Gasteiger partial charge on any atom is 0.306 e. The standard InChI is InChI=1S/C45H88NO7P/c1-7-10-12-14-16-18-20-22-24-26-28-30-32-34-36-38-44(47)51-40-42(41-52-54(49,50)43(9-3)46(4,5)6)53-45(48)39-37-35-33-31-29-27-25-23-21-19-17-15-13-11-8-2/h23,25,42-43H,7-22,24,26-41H2,1-6H3/b25-23-/t42-,43?/m1/s1. The molecule has 0 N–H and O–H groups in total. The topological polar surface area (TPSA) is 102 Å². The number of carbonyl (C=O) groups excluding carboxylic acids is 2. The largest absolute Gasteiger partial charge is 0.774 e. The minimum absolute atomic E-state index is 0.200. The summed E-state index contributed by atoms with van der Waals surface area (Å²) in [6.45, 7) is 5.76. The van der Waals surface area contributed by atoms with Crippen LogP contribution < -0.4 is 4.89 Å². The first-order valence-electron chi connectivity index (χ1n) is 22.7. The van der Waals surface area contributed by atoms with E-state index in [2.05, 4.69) is 26.0 Å². The molecule has 320 valence electrons. The molecule has 0 radical (unpaired) electrons. The fourth-order valence-electron chi connectivity index (χ4n) is 7.07. The fraction of sp³-hybridized carbons (Fsp3) is 0.911. The molecule has 0 heterocycles. The molecular weight excluding hydrogens is 697 g/mol. The molecule has 0 bridgehead atoms. The van der Waals surface area contributed by atoms with Crippen LogP contribution in [-0.2, 0) is 28.2 Å². The predicted octanol–water partition coefficient (Wildman–Crippen LogP) is 12.8. The normalized spacial score (nSPS) is 14.3. The second kappa shape index (κ2) is 36.2. The lowest BCUT2D eigenvalue weighted by atomic mass is 10.0. The highest BCUT2D eigenvalue weighted by atomic mass is 31.2. The van der Waals surface area contributed by atoms with E-state index in [0.29, 0.717) is 19.3 Å². The van der Waals surface area contributed by atoms with Crippen molar-refractivity contribution < 1.29 is 37.5 Å². The Hall–Kier alpha value is -1.21. The van der Waals surface area contributed by atoms with Gasteiger partial charge in [0.25, 0.3) is 0 Å². The van der Waals surface area contributed by atoms with E-state index in [1.165, 1.54) is 122 Å². The second-order valence-electron chi connectivity index (χ2n) is 16.7. The van der Waals surface area contributed by atoms with Crippen molar-refractivity contribution in [1.29, 1.82) is 0 Å². The van der Waals surface area contributed by atoms with E-state index in [9.17, 15) is 19.0 Å². The van der Waals surface area contributed by atoms with Crippen molar-refractivity contribution in [2.45, 2.75) is 232 Å². The summed E-state index contributed by atoms with van der Waals surface area (Å²) in [5.74, 6) is -1.51. The Balaban J connectivity index is 4.43. The van der Waals surface area contributed by atoms with Gasteiger partial charge in [-0.3, -0.25) is 9.59 Å². The first-order chi connectivity index (χ1) is 26.0. The van der Waals surface area contributed by atoms with E-state index in [4.69, 9.17) is 14.0 Å². The lowest BCUT2D eigenvalue weighted by Gasteiger charge is -2.41. The lowest BCUT2D eigenvalue weighted by molar-refractivity contribution is -0.884. The van der Waals surface area contributed by atoms with E-state index in [1.807, 2.05) is 28.1 Å². The maximum atomic E-state index is 13.1. The quantitative estimate of drug-likeness (QED) is 0.0200. The average molecular weight is 786 g/mol. The molecule has 0 aliphatic rings. The van der Waals surface area contributed by atoms with Crippen LogP contribution in [0.4, 0.5) is 0 Å². The van der Waals surface area contributed by atoms with Crippen LogP contribution in [-0.4, -0.2) is 62.7 Å². The molecule has 0 aromatic heterocycles. The van der Waals surface area contributed by atoms with Gasteiger partial charge in [0.15, 0.2) is 19.5 Å². The maximum absolute atomic E-state index is 13.1. The van der Waals surface area contributed by atoms with Crippen molar-refractivity contribution >= 4 is 19.5 Å². The number of quaternary nitrogens is 1. The minimum atomic E-state index is -4.28. The molecular formula is C45H88NO7P. The van der Waals surface area contributed by atoms with Crippen LogP contribution in [0.15, 0.2) is 12.2 Å². The van der Waals surface area contributed by atoms with E-state index >= 15 is 0 Å². The zero-order valence-electron chi connectivity index (χ0n) is 36.4. The Morgan fingerprint density at radius 3 is 1.31 bits per heavy atom. The van der Waals surface area contributed by atoms with Gasteiger partial charge in [-0.05, 0) is 38.5 Å². The third kappa shape index (κ3) is 33.0. The number of esters is 2. The molecule has 0 aromatic carbocycles. The minimum Gasteiger partial charge on any atom is -0.774 e. The van der Waals surface area contributed by atoms with Crippen molar-refractivity contribution in [3.63, 3.8) is 0 Å². The Kier molecular flexibility index (Phi) is 35.3. The number of hydrogen-bond acceptors (Lipinski definition) is 7. The highest BCUT2D eigenvalue weighted by Gasteiger charge is 2.34. The summed E-state index contributed by atoms with van der Waals surface area (Å²) < 4.78 is 29.8. The molecule has 0 aliphatic heterocycles. The Morgan fingerprint density at radius 1 is 0.556 bits per heavy atom. The Morgan fingerprint density at radius 2 is 0.926 bits per heavy atom. The molecule has 9 heteroatoms. The first-order valence-corrected chi connectivity index (χ1v) is 24.4. The van der Waals surface area contributed by atoms with E-state index < -0.39 is 25.5 Å². The molecule has 0 rings (SSSR count). The SMILES string of the molecule is CCCCCCCC/C=C\CCCCCCCC(=O)O[C@H](COC(=O)CCCCCCCCCCCCCCCCC)COP(=O)([O-])C(CC)[N+](C)(C)C. The van der Waals surface area contributed by atoms with Crippen molar-refractivity contribution in [2.24, 2.45) is 0 Å². The van der Waals surface area contributed by atoms with Crippen LogP contribution in [0.25, 0.3) is 0 Å². The number of allylic oxidation sites excluding steroid dienone is 2. The number of nitrogens with zero attached hydrogens (tertiary/aromatic N) is 1. The summed E-state index contributed by atoms with van der Waals surface area (Å²) in [6, 6.07) is 0. The number of rotatable bonds is 40. The van der Waals surface area contributed by atoms with Gasteiger partial charge in [0.2, 0.25) is 0 Å². The lowest BCUT2D eigenvalue weighted by Crippen LogP contribution is -2.47. The van der Waals surface area contributed by atoms with E-state index in [-0.39, 0.29) is 30.1 Å². The van der Waals surface area contributed by atoms with Crippen LogP contribution in [0, 0.1) is 0 Å². The molecule has 0 spiro atoms. The number of unbranched alkanes of at least 4 members (excludes halogenated alkanes) is 25. The molecule has 8 nitrogen and oxygen atoms in total. The van der Waals surface area contributed by atoms with Crippen molar-refractivity contribution in [2.75, 3.05) is 34.4 Å². The van der Waals surface area contributed by atoms with Crippen molar-refractivity contribution in [3.8, 4) is 0 Å². The van der Waals surface area contributed by atoms with Gasteiger partial charge in [0.1, 0.15) is 6.61 Å². The van der Waals surface area contributed by atoms with Gasteiger partial charge >= 0.3 is 11.9 Å². The molecule has 0 amide bonds. The first kappa shape index (κ1) is 52.8. The Labute approximate surface area is 334 Å². The summed E-state index contributed by atoms with van der Waals surface area (Å²) in [5, 5.41) is 0. The van der Waals surface area contributed by atoms with Gasteiger partial charge in [-0.25, -0.2) is 0 Å². The van der Waals surface area contributed by atoms with Crippen LogP contribution in [0.1, 0.15) is 220 Å². The van der Waals surface area contributed by atoms with E-state index in [1.54, 1.807) is 0 Å². The number of ether oxygens (including phenoxy) is 2. The summed E-state index contributed by atoms with van der Waals surface area (Å²) in [6.07, 6.45) is 38.7. The molecule has 3 atom stereocenters. The zero-order valence-corrected chi connectivity index (χ0v) is 37.3. The highest BCUT2D eigenvalue weighted by Crippen LogP contribution is 2.47. The summed E-state index contributed by atoms with van der Waals surface area (Å²) in [7, 11) is 1.16. The van der Waals surface area contributed by atoms with Gasteiger partial charge < -0.3 is 27.9 Å². The fourth-order valence-corrected chi connectivity index (χ4v) is 8.91. The summed E-state index contributed by atoms with van der Waals surface area (Å²) in [5.41, 5.74) is 0. The number of carbonyl (C=O) groups is 2. The van der Waals surface area contributed by atoms with Crippen LogP contribution in [0.5, 0.6) is 0 Å². The van der Waals surface area contributed by atoms with Gasteiger partial charge in [-0.2, -0.15) is 0 Å². The van der Waals surface area contributed by atoms with Gasteiger partial charge in [0, 0.05) is 19.3 Å². The molecule has 0 fully saturated rings. The monoisotopic (exact) mass is 786 g/mol. The molecule has 0 saturated heterocycles. The van der Waals surface area contributed by atoms with Crippen LogP contribution >= 0.6 is 7.60 Å². The third-order valence-electron chi connectivity index (χ3n) is 10.4.